The van der Waals surface area contributed by atoms with Crippen LogP contribution in [0.3, 0.4) is 0 Å². The second-order valence-electron chi connectivity index (χ2n) is 6.37. The van der Waals surface area contributed by atoms with Gasteiger partial charge in [-0.1, -0.05) is 17.7 Å². The first-order chi connectivity index (χ1) is 13.1. The minimum absolute atomic E-state index is 0.0184. The van der Waals surface area contributed by atoms with Crippen molar-refractivity contribution in [3.05, 3.63) is 29.8 Å². The van der Waals surface area contributed by atoms with Gasteiger partial charge in [0.25, 0.3) is 20.2 Å². The molecule has 0 saturated carbocycles. The number of rotatable bonds is 15. The Morgan fingerprint density at radius 2 is 1.43 bits per heavy atom. The molecule has 0 aliphatic rings. The van der Waals surface area contributed by atoms with Crippen LogP contribution in [0.1, 0.15) is 37.7 Å². The Kier molecular flexibility index (Phi) is 10.8. The van der Waals surface area contributed by atoms with E-state index in [0.29, 0.717) is 32.3 Å². The van der Waals surface area contributed by atoms with Crippen LogP contribution >= 0.6 is 0 Å². The minimum Gasteiger partial charge on any atom is -0.374 e. The summed E-state index contributed by atoms with van der Waals surface area (Å²) in [6, 6.07) is 6.40. The highest BCUT2D eigenvalue weighted by Gasteiger charge is 2.14. The third kappa shape index (κ3) is 11.5. The third-order valence-corrected chi connectivity index (χ3v) is 5.56. The molecule has 0 bridgehead atoms. The van der Waals surface area contributed by atoms with Gasteiger partial charge in [-0.05, 0) is 44.7 Å². The standard InChI is InChI=1S/C18H28O8S2/c1-16-8-10-18(11-9-16)28(22,23)26-14-4-3-7-17(19)15-24-12-5-6-13-25-27(2,20)21/h8-11H,3-7,12-15H2,1-2H3. The van der Waals surface area contributed by atoms with Crippen molar-refractivity contribution in [2.45, 2.75) is 43.9 Å². The number of Topliss-reactive ketones (excluding diaryl/α,β-unsaturated/α-hetero) is 1. The zero-order valence-electron chi connectivity index (χ0n) is 16.3. The molecule has 0 aliphatic carbocycles. The van der Waals surface area contributed by atoms with E-state index >= 15 is 0 Å². The second-order valence-corrected chi connectivity index (χ2v) is 9.63. The summed E-state index contributed by atoms with van der Waals surface area (Å²) >= 11 is 0. The van der Waals surface area contributed by atoms with Gasteiger partial charge in [0.1, 0.15) is 6.61 Å². The monoisotopic (exact) mass is 436 g/mol. The van der Waals surface area contributed by atoms with E-state index in [-0.39, 0.29) is 36.9 Å². The van der Waals surface area contributed by atoms with Crippen molar-refractivity contribution >= 4 is 26.0 Å². The van der Waals surface area contributed by atoms with E-state index in [0.717, 1.165) is 11.8 Å². The fourth-order valence-electron chi connectivity index (χ4n) is 2.14. The molecule has 8 nitrogen and oxygen atoms in total. The molecule has 10 heteroatoms. The van der Waals surface area contributed by atoms with E-state index in [1.807, 2.05) is 6.92 Å². The zero-order chi connectivity index (χ0) is 21.0. The topological polar surface area (TPSA) is 113 Å². The van der Waals surface area contributed by atoms with E-state index in [1.54, 1.807) is 12.1 Å². The van der Waals surface area contributed by atoms with Crippen molar-refractivity contribution in [3.63, 3.8) is 0 Å². The molecular weight excluding hydrogens is 408 g/mol. The van der Waals surface area contributed by atoms with Crippen LogP contribution in [0.2, 0.25) is 0 Å². The number of benzene rings is 1. The molecule has 28 heavy (non-hydrogen) atoms. The number of unbranched alkanes of at least 4 members (excludes halogenated alkanes) is 2. The lowest BCUT2D eigenvalue weighted by atomic mass is 10.2. The van der Waals surface area contributed by atoms with Gasteiger partial charge in [-0.3, -0.25) is 13.2 Å². The fraction of sp³-hybridized carbons (Fsp3) is 0.611. The predicted molar refractivity (Wildman–Crippen MR) is 104 cm³/mol. The number of hydrogen-bond donors (Lipinski definition) is 0. The van der Waals surface area contributed by atoms with Gasteiger partial charge in [-0.2, -0.15) is 16.8 Å². The molecule has 1 aromatic rings. The Balaban J connectivity index is 2.06. The molecule has 0 atom stereocenters. The number of carbonyl (C=O) groups excluding carboxylic acids is 1. The van der Waals surface area contributed by atoms with E-state index in [2.05, 4.69) is 4.18 Å². The Morgan fingerprint density at radius 1 is 0.857 bits per heavy atom. The van der Waals surface area contributed by atoms with Crippen molar-refractivity contribution in [1.82, 2.24) is 0 Å². The van der Waals surface area contributed by atoms with E-state index in [4.69, 9.17) is 8.92 Å². The molecule has 0 fully saturated rings. The van der Waals surface area contributed by atoms with Gasteiger partial charge in [-0.15, -0.1) is 0 Å². The van der Waals surface area contributed by atoms with Crippen LogP contribution in [-0.4, -0.2) is 55.3 Å². The Hall–Kier alpha value is -1.33. The van der Waals surface area contributed by atoms with Gasteiger partial charge in [-0.25, -0.2) is 0 Å². The van der Waals surface area contributed by atoms with Crippen molar-refractivity contribution in [2.75, 3.05) is 32.7 Å². The molecule has 0 saturated heterocycles. The number of aryl methyl sites for hydroxylation is 1. The van der Waals surface area contributed by atoms with Crippen LogP contribution in [-0.2, 0) is 38.1 Å². The lowest BCUT2D eigenvalue weighted by Crippen LogP contribution is -2.11. The SMILES string of the molecule is Cc1ccc(S(=O)(=O)OCCCCC(=O)COCCCCOS(C)(=O)=O)cc1. The van der Waals surface area contributed by atoms with Gasteiger partial charge < -0.3 is 4.74 Å². The zero-order valence-corrected chi connectivity index (χ0v) is 17.9. The maximum absolute atomic E-state index is 12.0. The molecule has 0 spiro atoms. The smallest absolute Gasteiger partial charge is 0.296 e. The van der Waals surface area contributed by atoms with Crippen molar-refractivity contribution in [3.8, 4) is 0 Å². The van der Waals surface area contributed by atoms with E-state index in [1.165, 1.54) is 12.1 Å². The van der Waals surface area contributed by atoms with E-state index in [9.17, 15) is 21.6 Å². The van der Waals surface area contributed by atoms with Crippen LogP contribution in [0, 0.1) is 6.92 Å². The van der Waals surface area contributed by atoms with Crippen molar-refractivity contribution in [2.24, 2.45) is 0 Å². The van der Waals surface area contributed by atoms with Gasteiger partial charge >= 0.3 is 0 Å². The summed E-state index contributed by atoms with van der Waals surface area (Å²) in [6.07, 6.45) is 3.34. The summed E-state index contributed by atoms with van der Waals surface area (Å²) in [7, 11) is -7.19. The normalized spacial score (nSPS) is 12.2. The van der Waals surface area contributed by atoms with Crippen LogP contribution in [0.4, 0.5) is 0 Å². The molecule has 0 heterocycles. The van der Waals surface area contributed by atoms with Crippen molar-refractivity contribution < 1.29 is 34.7 Å². The molecule has 160 valence electrons. The first-order valence-corrected chi connectivity index (χ1v) is 12.2. The predicted octanol–water partition coefficient (Wildman–Crippen LogP) is 2.21. The highest BCUT2D eigenvalue weighted by atomic mass is 32.2. The number of carbonyl (C=O) groups is 1. The number of ether oxygens (including phenoxy) is 1. The number of hydrogen-bond acceptors (Lipinski definition) is 8. The maximum Gasteiger partial charge on any atom is 0.296 e. The highest BCUT2D eigenvalue weighted by Crippen LogP contribution is 2.14. The summed E-state index contributed by atoms with van der Waals surface area (Å²) in [4.78, 5) is 11.8. The van der Waals surface area contributed by atoms with Gasteiger partial charge in [0.15, 0.2) is 5.78 Å². The maximum atomic E-state index is 12.0. The van der Waals surface area contributed by atoms with Crippen LogP contribution in [0.5, 0.6) is 0 Å². The molecule has 0 N–H and O–H groups in total. The average molecular weight is 437 g/mol. The Morgan fingerprint density at radius 3 is 2.07 bits per heavy atom. The first kappa shape index (κ1) is 24.7. The first-order valence-electron chi connectivity index (χ1n) is 9.00. The van der Waals surface area contributed by atoms with Crippen molar-refractivity contribution in [1.29, 1.82) is 0 Å². The average Bonchev–Trinajstić information content (AvgIpc) is 2.60. The fourth-order valence-corrected chi connectivity index (χ4v) is 3.50. The van der Waals surface area contributed by atoms with E-state index < -0.39 is 20.2 Å². The van der Waals surface area contributed by atoms with Crippen LogP contribution in [0.15, 0.2) is 29.2 Å². The van der Waals surface area contributed by atoms with Gasteiger partial charge in [0, 0.05) is 13.0 Å². The lowest BCUT2D eigenvalue weighted by Gasteiger charge is -2.06. The summed E-state index contributed by atoms with van der Waals surface area (Å²) < 4.78 is 60.3. The quantitative estimate of drug-likeness (QED) is 0.304. The molecule has 0 aliphatic heterocycles. The summed E-state index contributed by atoms with van der Waals surface area (Å²) in [5, 5.41) is 0. The van der Waals surface area contributed by atoms with Gasteiger partial charge in [0.2, 0.25) is 0 Å². The summed E-state index contributed by atoms with van der Waals surface area (Å²) in [5.74, 6) is -0.0752. The van der Waals surface area contributed by atoms with Crippen LogP contribution in [0.25, 0.3) is 0 Å². The molecule has 0 aromatic heterocycles. The molecule has 0 unspecified atom stereocenters. The lowest BCUT2D eigenvalue weighted by molar-refractivity contribution is -0.123. The largest absolute Gasteiger partial charge is 0.374 e. The molecule has 1 rings (SSSR count). The molecule has 0 amide bonds. The summed E-state index contributed by atoms with van der Waals surface area (Å²) in [6.45, 7) is 2.31. The third-order valence-electron chi connectivity index (χ3n) is 3.64. The Labute approximate surface area is 167 Å². The number of ketones is 1. The second kappa shape index (κ2) is 12.3. The molecular formula is C18H28O8S2. The Bertz CT molecular complexity index is 798. The van der Waals surface area contributed by atoms with Crippen LogP contribution < -0.4 is 0 Å². The summed E-state index contributed by atoms with van der Waals surface area (Å²) in [5.41, 5.74) is 0.960. The molecule has 0 radical (unpaired) electrons. The minimum atomic E-state index is -3.77. The van der Waals surface area contributed by atoms with Gasteiger partial charge in [0.05, 0.1) is 24.4 Å². The highest BCUT2D eigenvalue weighted by molar-refractivity contribution is 7.86. The molecule has 1 aromatic carbocycles.